The van der Waals surface area contributed by atoms with E-state index in [9.17, 15) is 0 Å². The molecule has 1 aliphatic rings. The van der Waals surface area contributed by atoms with Crippen molar-refractivity contribution >= 4 is 0 Å². The maximum Gasteiger partial charge on any atom is 1.00 e. The van der Waals surface area contributed by atoms with Crippen LogP contribution in [0.5, 0.6) is 0 Å². The maximum atomic E-state index is 3.71. The van der Waals surface area contributed by atoms with Crippen molar-refractivity contribution in [3.63, 3.8) is 0 Å². The first-order chi connectivity index (χ1) is 9.83. The molecule has 0 saturated carbocycles. The molecule has 22 heavy (non-hydrogen) atoms. The van der Waals surface area contributed by atoms with E-state index in [1.165, 1.54) is 27.8 Å². The smallest absolute Gasteiger partial charge is 0.193 e. The van der Waals surface area contributed by atoms with Gasteiger partial charge < -0.3 is 0 Å². The number of allylic oxidation sites excluding steroid dienone is 1. The summed E-state index contributed by atoms with van der Waals surface area (Å²) >= 11 is 0. The van der Waals surface area contributed by atoms with Crippen LogP contribution in [0.2, 0.25) is 0 Å². The summed E-state index contributed by atoms with van der Waals surface area (Å²) in [7, 11) is 0. The number of hydrogen-bond donors (Lipinski definition) is 0. The van der Waals surface area contributed by atoms with Crippen LogP contribution in [0, 0.1) is 13.0 Å². The van der Waals surface area contributed by atoms with E-state index >= 15 is 0 Å². The summed E-state index contributed by atoms with van der Waals surface area (Å²) in [5.74, 6) is 0. The van der Waals surface area contributed by atoms with E-state index in [0.717, 1.165) is 0 Å². The van der Waals surface area contributed by atoms with E-state index in [4.69, 9.17) is 0 Å². The summed E-state index contributed by atoms with van der Waals surface area (Å²) in [6.45, 7) is 11.4. The van der Waals surface area contributed by atoms with Gasteiger partial charge in [0.15, 0.2) is 0 Å². The van der Waals surface area contributed by atoms with Crippen LogP contribution < -0.4 is 18.9 Å². The predicted molar refractivity (Wildman–Crippen MR) is 89.5 cm³/mol. The topological polar surface area (TPSA) is 0 Å². The Morgan fingerprint density at radius 3 is 1.64 bits per heavy atom. The number of benzene rings is 2. The fraction of sp³-hybridized carbons (Fsp3) is 0.333. The number of rotatable bonds is 1. The van der Waals surface area contributed by atoms with E-state index in [2.05, 4.69) is 89.2 Å². The first-order valence-electron chi connectivity index (χ1n) is 7.65. The van der Waals surface area contributed by atoms with Crippen molar-refractivity contribution in [3.05, 3.63) is 82.4 Å². The molecule has 0 nitrogen and oxygen atoms in total. The molecule has 0 heterocycles. The quantitative estimate of drug-likeness (QED) is 0.556. The first-order valence-corrected chi connectivity index (χ1v) is 7.65. The molecule has 0 bridgehead atoms. The van der Waals surface area contributed by atoms with Gasteiger partial charge in [-0.05, 0) is 18.1 Å². The minimum Gasteiger partial charge on any atom is -0.193 e. The van der Waals surface area contributed by atoms with Crippen molar-refractivity contribution in [2.75, 3.05) is 0 Å². The summed E-state index contributed by atoms with van der Waals surface area (Å²) in [6, 6.07) is 17.5. The minimum absolute atomic E-state index is 0. The summed E-state index contributed by atoms with van der Waals surface area (Å²) in [6.07, 6.45) is 3.71. The average molecular weight is 282 g/mol. The Hall–Kier alpha value is -1.22. The summed E-state index contributed by atoms with van der Waals surface area (Å²) in [5, 5.41) is 0. The molecule has 0 fully saturated rings. The molecular weight excluding hydrogens is 259 g/mol. The van der Waals surface area contributed by atoms with Crippen LogP contribution in [-0.4, -0.2) is 0 Å². The zero-order valence-corrected chi connectivity index (χ0v) is 14.6. The van der Waals surface area contributed by atoms with Gasteiger partial charge in [-0.15, -0.1) is 17.7 Å². The molecule has 2 aromatic carbocycles. The van der Waals surface area contributed by atoms with Crippen LogP contribution in [0.1, 0.15) is 49.9 Å². The van der Waals surface area contributed by atoms with Gasteiger partial charge in [-0.1, -0.05) is 57.5 Å². The van der Waals surface area contributed by atoms with Crippen molar-refractivity contribution in [1.29, 1.82) is 0 Å². The third kappa shape index (κ3) is 2.60. The molecular formula is C21H23Li. The van der Waals surface area contributed by atoms with Crippen LogP contribution in [-0.2, 0) is 10.8 Å². The molecule has 1 aliphatic carbocycles. The van der Waals surface area contributed by atoms with E-state index in [0.29, 0.717) is 0 Å². The fourth-order valence-electron chi connectivity index (χ4n) is 3.72. The normalized spacial score (nSPS) is 17.6. The Labute approximate surface area is 146 Å². The maximum absolute atomic E-state index is 3.71. The fourth-order valence-corrected chi connectivity index (χ4v) is 3.72. The Balaban J connectivity index is 0.00000176. The molecule has 0 saturated heterocycles. The number of fused-ring (bicyclic) bond motifs is 1. The second-order valence-electron chi connectivity index (χ2n) is 7.16. The van der Waals surface area contributed by atoms with Gasteiger partial charge in [0.25, 0.3) is 0 Å². The van der Waals surface area contributed by atoms with Gasteiger partial charge in [-0.2, -0.15) is 23.8 Å². The van der Waals surface area contributed by atoms with Gasteiger partial charge >= 0.3 is 18.9 Å². The number of hydrogen-bond acceptors (Lipinski definition) is 0. The van der Waals surface area contributed by atoms with Crippen LogP contribution >= 0.6 is 0 Å². The van der Waals surface area contributed by atoms with Gasteiger partial charge in [-0.3, -0.25) is 0 Å². The van der Waals surface area contributed by atoms with Crippen LogP contribution in [0.15, 0.2) is 54.1 Å². The van der Waals surface area contributed by atoms with Crippen LogP contribution in [0.4, 0.5) is 0 Å². The summed E-state index contributed by atoms with van der Waals surface area (Å²) in [5.41, 5.74) is 6.77. The third-order valence-electron chi connectivity index (χ3n) is 4.84. The zero-order valence-electron chi connectivity index (χ0n) is 14.6. The predicted octanol–water partition coefficient (Wildman–Crippen LogP) is 2.35. The van der Waals surface area contributed by atoms with Crippen molar-refractivity contribution in [3.8, 4) is 0 Å². The monoisotopic (exact) mass is 282 g/mol. The van der Waals surface area contributed by atoms with Crippen molar-refractivity contribution in [2.45, 2.75) is 45.4 Å². The zero-order chi connectivity index (χ0) is 15.3. The molecule has 0 N–H and O–H groups in total. The molecule has 108 valence electrons. The molecule has 0 aromatic heterocycles. The molecule has 1 heteroatoms. The molecule has 0 amide bonds. The first kappa shape index (κ1) is 17.1. The molecule has 0 spiro atoms. The second-order valence-corrected chi connectivity index (χ2v) is 7.16. The molecule has 2 aromatic rings. The average Bonchev–Trinajstić information content (AvgIpc) is 2.60. The van der Waals surface area contributed by atoms with Crippen LogP contribution in [0.25, 0.3) is 0 Å². The molecule has 0 atom stereocenters. The minimum atomic E-state index is 0. The Morgan fingerprint density at radius 2 is 1.18 bits per heavy atom. The summed E-state index contributed by atoms with van der Waals surface area (Å²) < 4.78 is 0. The molecule has 0 aliphatic heterocycles. The van der Waals surface area contributed by atoms with E-state index in [1.807, 2.05) is 0 Å². The molecule has 3 rings (SSSR count). The standard InChI is InChI=1S/C21H23.Li/c1-15-10-12-16(13-11-15)14-19-20(2,3)17-8-6-7-9-18(17)21(19,4)5;/h6-13H,1-5H3;/q-1;+1. The SMILES string of the molecule is Cc1ccc([C-]=C2C(C)(C)c3ccccc3C2(C)C)cc1.[Li+]. The van der Waals surface area contributed by atoms with Crippen molar-refractivity contribution in [2.24, 2.45) is 0 Å². The van der Waals surface area contributed by atoms with Gasteiger partial charge in [0.2, 0.25) is 0 Å². The van der Waals surface area contributed by atoms with E-state index in [1.54, 1.807) is 0 Å². The molecule has 0 unspecified atom stereocenters. The second kappa shape index (κ2) is 5.77. The van der Waals surface area contributed by atoms with E-state index < -0.39 is 0 Å². The number of aryl methyl sites for hydroxylation is 1. The van der Waals surface area contributed by atoms with Gasteiger partial charge in [0, 0.05) is 10.8 Å². The largest absolute Gasteiger partial charge is 1.00 e. The summed E-state index contributed by atoms with van der Waals surface area (Å²) in [4.78, 5) is 0. The van der Waals surface area contributed by atoms with Gasteiger partial charge in [0.05, 0.1) is 0 Å². The molecule has 0 radical (unpaired) electrons. The van der Waals surface area contributed by atoms with Gasteiger partial charge in [0.1, 0.15) is 0 Å². The Bertz CT molecular complexity index is 666. The van der Waals surface area contributed by atoms with E-state index in [-0.39, 0.29) is 29.7 Å². The third-order valence-corrected chi connectivity index (χ3v) is 4.84. The van der Waals surface area contributed by atoms with Crippen molar-refractivity contribution in [1.82, 2.24) is 0 Å². The van der Waals surface area contributed by atoms with Gasteiger partial charge in [-0.25, -0.2) is 0 Å². The van der Waals surface area contributed by atoms with Crippen molar-refractivity contribution < 1.29 is 18.9 Å². The van der Waals surface area contributed by atoms with Crippen LogP contribution in [0.3, 0.4) is 0 Å². The Kier molecular flexibility index (Phi) is 4.49. The Morgan fingerprint density at radius 1 is 0.727 bits per heavy atom.